The normalized spacial score (nSPS) is 13.5. The van der Waals surface area contributed by atoms with E-state index in [1.165, 1.54) is 60.7 Å². The lowest BCUT2D eigenvalue weighted by Crippen LogP contribution is -2.43. The monoisotopic (exact) mass is 517 g/mol. The van der Waals surface area contributed by atoms with Crippen molar-refractivity contribution in [3.8, 4) is 30.6 Å². The molecule has 2 aliphatic heterocycles. The van der Waals surface area contributed by atoms with Gasteiger partial charge in [-0.25, -0.2) is 9.80 Å². The molecule has 0 saturated carbocycles. The first-order valence-corrected chi connectivity index (χ1v) is 11.7. The van der Waals surface area contributed by atoms with E-state index in [-0.39, 0.29) is 61.1 Å². The molecule has 0 N–H and O–H groups in total. The summed E-state index contributed by atoms with van der Waals surface area (Å²) in [5.74, 6) is -0.409. The van der Waals surface area contributed by atoms with Crippen molar-refractivity contribution in [1.82, 2.24) is 0 Å². The first-order valence-electron chi connectivity index (χ1n) is 11.7. The molecule has 2 heterocycles. The summed E-state index contributed by atoms with van der Waals surface area (Å²) in [7, 11) is 0. The van der Waals surface area contributed by atoms with Gasteiger partial charge in [-0.05, 0) is 60.7 Å². The van der Waals surface area contributed by atoms with E-state index in [4.69, 9.17) is 6.42 Å². The number of carbonyl (C=O) groups excluding carboxylic acids is 4. The van der Waals surface area contributed by atoms with Crippen LogP contribution in [0.25, 0.3) is 10.8 Å². The number of imide groups is 2. The van der Waals surface area contributed by atoms with Crippen LogP contribution in [0.5, 0.6) is 0 Å². The summed E-state index contributed by atoms with van der Waals surface area (Å²) < 4.78 is 0. The molecule has 4 amide bonds. The van der Waals surface area contributed by atoms with Crippen LogP contribution in [0.1, 0.15) is 63.7 Å². The second-order valence-corrected chi connectivity index (χ2v) is 8.90. The molecule has 0 unspecified atom stereocenters. The van der Waals surface area contributed by atoms with E-state index < -0.39 is 23.6 Å². The van der Waals surface area contributed by atoms with Crippen LogP contribution in [0.3, 0.4) is 0 Å². The van der Waals surface area contributed by atoms with E-state index in [0.717, 1.165) is 9.80 Å². The Bertz CT molecular complexity index is 1880. The average Bonchev–Trinajstić information content (AvgIpc) is 2.98. The van der Waals surface area contributed by atoms with Crippen molar-refractivity contribution in [1.29, 1.82) is 15.8 Å². The Labute approximate surface area is 226 Å². The Morgan fingerprint density at radius 1 is 0.500 bits per heavy atom. The summed E-state index contributed by atoms with van der Waals surface area (Å²) in [6, 6.07) is 19.7. The van der Waals surface area contributed by atoms with Gasteiger partial charge in [0.1, 0.15) is 18.2 Å². The zero-order chi connectivity index (χ0) is 28.3. The van der Waals surface area contributed by atoms with Crippen molar-refractivity contribution in [2.75, 3.05) is 9.80 Å². The van der Waals surface area contributed by atoms with E-state index in [1.54, 1.807) is 0 Å². The maximum atomic E-state index is 13.6. The molecule has 0 atom stereocenters. The molecule has 9 nitrogen and oxygen atoms in total. The van der Waals surface area contributed by atoms with Gasteiger partial charge in [-0.2, -0.15) is 15.8 Å². The third-order valence-electron chi connectivity index (χ3n) is 6.93. The van der Waals surface area contributed by atoms with E-state index in [1.807, 2.05) is 18.2 Å². The molecular weight excluding hydrogens is 506 g/mol. The summed E-state index contributed by atoms with van der Waals surface area (Å²) in [4.78, 5) is 56.3. The largest absolute Gasteiger partial charge is 0.268 e. The number of benzene rings is 4. The first kappa shape index (κ1) is 23.8. The molecule has 0 saturated heterocycles. The molecule has 0 radical (unpaired) electrons. The van der Waals surface area contributed by atoms with Crippen molar-refractivity contribution >= 4 is 45.8 Å². The van der Waals surface area contributed by atoms with Crippen LogP contribution in [-0.4, -0.2) is 23.6 Å². The van der Waals surface area contributed by atoms with Gasteiger partial charge in [0.15, 0.2) is 0 Å². The summed E-state index contributed by atoms with van der Waals surface area (Å²) in [6.45, 7) is 0. The number of terminal acetylenes is 1. The summed E-state index contributed by atoms with van der Waals surface area (Å²) >= 11 is 0. The highest BCUT2D eigenvalue weighted by Gasteiger charge is 2.40. The van der Waals surface area contributed by atoms with Crippen LogP contribution in [0, 0.1) is 46.3 Å². The fraction of sp³-hybridized carbons (Fsp3) is 0. The Hall–Kier alpha value is -6.55. The third-order valence-corrected chi connectivity index (χ3v) is 6.93. The van der Waals surface area contributed by atoms with Crippen LogP contribution in [0.15, 0.2) is 60.7 Å². The van der Waals surface area contributed by atoms with Gasteiger partial charge in [-0.1, -0.05) is 5.92 Å². The van der Waals surface area contributed by atoms with E-state index in [2.05, 4.69) is 5.92 Å². The molecule has 4 aromatic rings. The lowest BCUT2D eigenvalue weighted by molar-refractivity contribution is 0.0873. The fourth-order valence-corrected chi connectivity index (χ4v) is 5.09. The van der Waals surface area contributed by atoms with Crippen LogP contribution >= 0.6 is 0 Å². The summed E-state index contributed by atoms with van der Waals surface area (Å²) in [5.41, 5.74) is 1.19. The van der Waals surface area contributed by atoms with Gasteiger partial charge < -0.3 is 0 Å². The summed E-state index contributed by atoms with van der Waals surface area (Å²) in [6.07, 6.45) is 5.43. The van der Waals surface area contributed by atoms with E-state index in [9.17, 15) is 35.0 Å². The van der Waals surface area contributed by atoms with Crippen LogP contribution < -0.4 is 9.80 Å². The SMILES string of the molecule is C#Cc1ccc(N2C(=O)c3ccc4c5c(ccc(c35)C2=O)C(=O)N(c2ccc(C#N)c(C#N)c2)C4=O)cc1C#N. The molecule has 0 spiro atoms. The Kier molecular flexibility index (Phi) is 5.06. The van der Waals surface area contributed by atoms with Gasteiger partial charge in [0, 0.05) is 38.6 Å². The molecule has 9 heteroatoms. The van der Waals surface area contributed by atoms with Gasteiger partial charge in [0.25, 0.3) is 23.6 Å². The predicted octanol–water partition coefficient (Wildman–Crippen LogP) is 4.04. The quantitative estimate of drug-likeness (QED) is 0.288. The van der Waals surface area contributed by atoms with Crippen molar-refractivity contribution in [3.05, 3.63) is 105 Å². The van der Waals surface area contributed by atoms with Crippen LogP contribution in [0.2, 0.25) is 0 Å². The number of nitriles is 3. The Morgan fingerprint density at radius 2 is 0.850 bits per heavy atom. The molecule has 184 valence electrons. The summed E-state index contributed by atoms with van der Waals surface area (Å²) in [5, 5.41) is 28.4. The topological polar surface area (TPSA) is 146 Å². The maximum Gasteiger partial charge on any atom is 0.265 e. The average molecular weight is 517 g/mol. The minimum absolute atomic E-state index is 0.00256. The Balaban J connectivity index is 1.52. The van der Waals surface area contributed by atoms with Gasteiger partial charge in [-0.15, -0.1) is 6.42 Å². The molecule has 0 bridgehead atoms. The lowest BCUT2D eigenvalue weighted by atomic mass is 9.85. The van der Waals surface area contributed by atoms with E-state index >= 15 is 0 Å². The minimum atomic E-state index is -0.708. The molecule has 40 heavy (non-hydrogen) atoms. The standard InChI is InChI=1S/C31H11N5O4/c1-2-16-3-5-20(11-18(16)14-33)35-28(37)22-7-9-24-27-25(10-8-23(26(22)27)29(35)38)31(40)36(30(24)39)21-6-4-17(13-32)19(12-21)15-34/h1,3-12H. The van der Waals surface area contributed by atoms with Crippen molar-refractivity contribution < 1.29 is 19.2 Å². The smallest absolute Gasteiger partial charge is 0.265 e. The number of anilines is 2. The van der Waals surface area contributed by atoms with E-state index in [0.29, 0.717) is 5.56 Å². The maximum absolute atomic E-state index is 13.6. The number of carbonyl (C=O) groups is 4. The lowest BCUT2D eigenvalue weighted by Gasteiger charge is -2.32. The highest BCUT2D eigenvalue weighted by Crippen LogP contribution is 2.40. The number of amides is 4. The zero-order valence-electron chi connectivity index (χ0n) is 20.2. The zero-order valence-corrected chi connectivity index (χ0v) is 20.2. The molecule has 0 aliphatic carbocycles. The van der Waals surface area contributed by atoms with Gasteiger partial charge in [-0.3, -0.25) is 19.2 Å². The fourth-order valence-electron chi connectivity index (χ4n) is 5.09. The van der Waals surface area contributed by atoms with Crippen molar-refractivity contribution in [2.24, 2.45) is 0 Å². The highest BCUT2D eigenvalue weighted by molar-refractivity contribution is 6.42. The number of hydrogen-bond donors (Lipinski definition) is 0. The number of hydrogen-bond acceptors (Lipinski definition) is 7. The predicted molar refractivity (Wildman–Crippen MR) is 141 cm³/mol. The molecule has 4 aromatic carbocycles. The molecular formula is C31H11N5O4. The van der Waals surface area contributed by atoms with Crippen LogP contribution in [-0.2, 0) is 0 Å². The second-order valence-electron chi connectivity index (χ2n) is 8.90. The molecule has 0 aromatic heterocycles. The number of rotatable bonds is 2. The van der Waals surface area contributed by atoms with Gasteiger partial charge in [0.05, 0.1) is 28.1 Å². The highest BCUT2D eigenvalue weighted by atomic mass is 16.2. The third kappa shape index (κ3) is 3.07. The van der Waals surface area contributed by atoms with Crippen molar-refractivity contribution in [3.63, 3.8) is 0 Å². The minimum Gasteiger partial charge on any atom is -0.268 e. The van der Waals surface area contributed by atoms with Crippen LogP contribution in [0.4, 0.5) is 11.4 Å². The molecule has 6 rings (SSSR count). The number of nitrogens with zero attached hydrogens (tertiary/aromatic N) is 5. The van der Waals surface area contributed by atoms with Crippen molar-refractivity contribution in [2.45, 2.75) is 0 Å². The molecule has 2 aliphatic rings. The Morgan fingerprint density at radius 3 is 1.20 bits per heavy atom. The first-order chi connectivity index (χ1) is 19.3. The molecule has 0 fully saturated rings. The second kappa shape index (κ2) is 8.50. The van der Waals surface area contributed by atoms with Gasteiger partial charge >= 0.3 is 0 Å². The van der Waals surface area contributed by atoms with Gasteiger partial charge in [0.2, 0.25) is 0 Å².